The standard InChI is InChI=1S/C11H17NO2/c1-3-4-5-6-7-10(13)12-8-11(2,14)9-12/h1,14H,4-9H2,2H3. The van der Waals surface area contributed by atoms with Gasteiger partial charge in [-0.3, -0.25) is 4.79 Å². The molecule has 0 aromatic rings. The molecule has 0 saturated carbocycles. The Morgan fingerprint density at radius 3 is 2.71 bits per heavy atom. The smallest absolute Gasteiger partial charge is 0.222 e. The van der Waals surface area contributed by atoms with E-state index in [9.17, 15) is 9.90 Å². The van der Waals surface area contributed by atoms with E-state index in [2.05, 4.69) is 5.92 Å². The maximum Gasteiger partial charge on any atom is 0.222 e. The molecule has 1 fully saturated rings. The fourth-order valence-corrected chi connectivity index (χ4v) is 1.61. The lowest BCUT2D eigenvalue weighted by molar-refractivity contribution is -0.152. The lowest BCUT2D eigenvalue weighted by atomic mass is 9.96. The molecule has 78 valence electrons. The number of rotatable bonds is 4. The van der Waals surface area contributed by atoms with Crippen LogP contribution >= 0.6 is 0 Å². The highest BCUT2D eigenvalue weighted by molar-refractivity contribution is 5.77. The van der Waals surface area contributed by atoms with E-state index < -0.39 is 5.60 Å². The highest BCUT2D eigenvalue weighted by atomic mass is 16.3. The second-order valence-electron chi connectivity index (χ2n) is 4.16. The summed E-state index contributed by atoms with van der Waals surface area (Å²) in [5.74, 6) is 2.68. The average molecular weight is 195 g/mol. The zero-order valence-corrected chi connectivity index (χ0v) is 8.62. The number of likely N-dealkylation sites (tertiary alicyclic amines) is 1. The highest BCUT2D eigenvalue weighted by Crippen LogP contribution is 2.20. The third-order valence-corrected chi connectivity index (χ3v) is 2.38. The van der Waals surface area contributed by atoms with E-state index in [1.807, 2.05) is 0 Å². The van der Waals surface area contributed by atoms with Gasteiger partial charge in [-0.1, -0.05) is 0 Å². The summed E-state index contributed by atoms with van der Waals surface area (Å²) >= 11 is 0. The van der Waals surface area contributed by atoms with Crippen LogP contribution in [0.15, 0.2) is 0 Å². The fourth-order valence-electron chi connectivity index (χ4n) is 1.61. The fraction of sp³-hybridized carbons (Fsp3) is 0.727. The van der Waals surface area contributed by atoms with Crippen LogP contribution in [0.5, 0.6) is 0 Å². The molecule has 1 N–H and O–H groups in total. The number of carbonyl (C=O) groups is 1. The largest absolute Gasteiger partial charge is 0.386 e. The SMILES string of the molecule is C#CCCCCC(=O)N1CC(C)(O)C1. The number of hydrogen-bond acceptors (Lipinski definition) is 2. The van der Waals surface area contributed by atoms with Crippen molar-refractivity contribution >= 4 is 5.91 Å². The Labute approximate surface area is 85.1 Å². The molecular formula is C11H17NO2. The van der Waals surface area contributed by atoms with Crippen molar-refractivity contribution in [3.8, 4) is 12.3 Å². The number of terminal acetylenes is 1. The molecule has 3 nitrogen and oxygen atoms in total. The number of hydrogen-bond donors (Lipinski definition) is 1. The molecule has 0 atom stereocenters. The van der Waals surface area contributed by atoms with Gasteiger partial charge in [0, 0.05) is 12.8 Å². The van der Waals surface area contributed by atoms with E-state index in [0.29, 0.717) is 19.5 Å². The molecule has 1 aliphatic rings. The van der Waals surface area contributed by atoms with Crippen molar-refractivity contribution in [2.45, 2.75) is 38.2 Å². The third-order valence-electron chi connectivity index (χ3n) is 2.38. The van der Waals surface area contributed by atoms with Crippen LogP contribution < -0.4 is 0 Å². The molecule has 3 heteroatoms. The summed E-state index contributed by atoms with van der Waals surface area (Å²) in [4.78, 5) is 13.1. The van der Waals surface area contributed by atoms with Crippen molar-refractivity contribution < 1.29 is 9.90 Å². The first kappa shape index (κ1) is 11.1. The number of β-amino-alcohol motifs (C(OH)–C–C–N with tert-alkyl or cyclic N) is 1. The minimum absolute atomic E-state index is 0.133. The molecule has 1 heterocycles. The second-order valence-corrected chi connectivity index (χ2v) is 4.16. The minimum Gasteiger partial charge on any atom is -0.386 e. The van der Waals surface area contributed by atoms with Crippen LogP contribution in [-0.4, -0.2) is 34.6 Å². The van der Waals surface area contributed by atoms with Gasteiger partial charge in [0.2, 0.25) is 5.91 Å². The lowest BCUT2D eigenvalue weighted by Crippen LogP contribution is -2.61. The Hall–Kier alpha value is -1.01. The van der Waals surface area contributed by atoms with E-state index in [-0.39, 0.29) is 5.91 Å². The lowest BCUT2D eigenvalue weighted by Gasteiger charge is -2.44. The van der Waals surface area contributed by atoms with Crippen molar-refractivity contribution in [2.75, 3.05) is 13.1 Å². The molecule has 0 bridgehead atoms. The van der Waals surface area contributed by atoms with Crippen molar-refractivity contribution in [3.05, 3.63) is 0 Å². The van der Waals surface area contributed by atoms with Crippen LogP contribution in [0, 0.1) is 12.3 Å². The molecule has 0 aromatic heterocycles. The molecule has 0 radical (unpaired) electrons. The predicted molar refractivity (Wildman–Crippen MR) is 54.5 cm³/mol. The van der Waals surface area contributed by atoms with Gasteiger partial charge in [-0.15, -0.1) is 12.3 Å². The summed E-state index contributed by atoms with van der Waals surface area (Å²) in [6.45, 7) is 2.69. The molecule has 1 rings (SSSR count). The monoisotopic (exact) mass is 195 g/mol. The Morgan fingerprint density at radius 2 is 2.21 bits per heavy atom. The molecule has 1 aliphatic heterocycles. The number of nitrogens with zero attached hydrogens (tertiary/aromatic N) is 1. The van der Waals surface area contributed by atoms with Crippen LogP contribution in [0.2, 0.25) is 0 Å². The van der Waals surface area contributed by atoms with Crippen molar-refractivity contribution in [1.29, 1.82) is 0 Å². The molecule has 14 heavy (non-hydrogen) atoms. The van der Waals surface area contributed by atoms with Crippen molar-refractivity contribution in [3.63, 3.8) is 0 Å². The predicted octanol–water partition coefficient (Wildman–Crippen LogP) is 0.773. The van der Waals surface area contributed by atoms with Crippen molar-refractivity contribution in [1.82, 2.24) is 4.90 Å². The van der Waals surface area contributed by atoms with Gasteiger partial charge in [-0.2, -0.15) is 0 Å². The van der Waals surface area contributed by atoms with Crippen molar-refractivity contribution in [2.24, 2.45) is 0 Å². The summed E-state index contributed by atoms with van der Waals surface area (Å²) in [6, 6.07) is 0. The van der Waals surface area contributed by atoms with Gasteiger partial charge >= 0.3 is 0 Å². The van der Waals surface area contributed by atoms with Gasteiger partial charge in [-0.25, -0.2) is 0 Å². The van der Waals surface area contributed by atoms with Gasteiger partial charge in [-0.05, 0) is 19.8 Å². The van der Waals surface area contributed by atoms with Crippen LogP contribution in [0.1, 0.15) is 32.6 Å². The Kier molecular flexibility index (Phi) is 3.54. The summed E-state index contributed by atoms with van der Waals surface area (Å²) in [7, 11) is 0. The van der Waals surface area contributed by atoms with E-state index in [1.54, 1.807) is 11.8 Å². The zero-order chi connectivity index (χ0) is 10.6. The van der Waals surface area contributed by atoms with E-state index >= 15 is 0 Å². The number of aliphatic hydroxyl groups is 1. The van der Waals surface area contributed by atoms with Crippen LogP contribution in [0.3, 0.4) is 0 Å². The molecular weight excluding hydrogens is 178 g/mol. The van der Waals surface area contributed by atoms with E-state index in [1.165, 1.54) is 0 Å². The van der Waals surface area contributed by atoms with Crippen LogP contribution in [0.25, 0.3) is 0 Å². The Bertz CT molecular complexity index is 245. The van der Waals surface area contributed by atoms with Gasteiger partial charge in [0.1, 0.15) is 0 Å². The van der Waals surface area contributed by atoms with Gasteiger partial charge in [0.15, 0.2) is 0 Å². The number of amides is 1. The second kappa shape index (κ2) is 4.47. The number of unbranched alkanes of at least 4 members (excludes halogenated alkanes) is 2. The Morgan fingerprint density at radius 1 is 1.57 bits per heavy atom. The Balaban J connectivity index is 2.10. The molecule has 1 amide bonds. The first-order valence-electron chi connectivity index (χ1n) is 4.99. The molecule has 0 aliphatic carbocycles. The average Bonchev–Trinajstić information content (AvgIpc) is 2.08. The first-order chi connectivity index (χ1) is 6.55. The van der Waals surface area contributed by atoms with Crippen LogP contribution in [-0.2, 0) is 4.79 Å². The maximum atomic E-state index is 11.4. The molecule has 0 spiro atoms. The van der Waals surface area contributed by atoms with E-state index in [0.717, 1.165) is 19.3 Å². The van der Waals surface area contributed by atoms with Crippen LogP contribution in [0.4, 0.5) is 0 Å². The zero-order valence-electron chi connectivity index (χ0n) is 8.62. The summed E-state index contributed by atoms with van der Waals surface area (Å²) < 4.78 is 0. The summed E-state index contributed by atoms with van der Waals surface area (Å²) in [6.07, 6.45) is 8.15. The summed E-state index contributed by atoms with van der Waals surface area (Å²) in [5, 5.41) is 9.42. The van der Waals surface area contributed by atoms with E-state index in [4.69, 9.17) is 6.42 Å². The molecule has 1 saturated heterocycles. The van der Waals surface area contributed by atoms with Gasteiger partial charge in [0.05, 0.1) is 18.7 Å². The van der Waals surface area contributed by atoms with Gasteiger partial charge in [0.25, 0.3) is 0 Å². The normalized spacial score (nSPS) is 18.5. The summed E-state index contributed by atoms with van der Waals surface area (Å²) in [5.41, 5.74) is -0.658. The minimum atomic E-state index is -0.658. The third kappa shape index (κ3) is 3.04. The molecule has 0 unspecified atom stereocenters. The first-order valence-corrected chi connectivity index (χ1v) is 4.99. The van der Waals surface area contributed by atoms with Gasteiger partial charge < -0.3 is 10.0 Å². The topological polar surface area (TPSA) is 40.5 Å². The maximum absolute atomic E-state index is 11.4. The quantitative estimate of drug-likeness (QED) is 0.532. The molecule has 0 aromatic carbocycles. The number of carbonyl (C=O) groups excluding carboxylic acids is 1. The highest BCUT2D eigenvalue weighted by Gasteiger charge is 2.38.